The molecule has 136 valence electrons. The number of allylic oxidation sites excluding steroid dienone is 1. The highest BCUT2D eigenvalue weighted by atomic mass is 35.5. The lowest BCUT2D eigenvalue weighted by molar-refractivity contribution is 0.336. The molecule has 1 aliphatic heterocycles. The number of H-pyrrole nitrogens is 1. The zero-order valence-electron chi connectivity index (χ0n) is 15.1. The zero-order chi connectivity index (χ0) is 16.9. The van der Waals surface area contributed by atoms with Crippen LogP contribution in [0.1, 0.15) is 36.3 Å². The van der Waals surface area contributed by atoms with Crippen LogP contribution in [-0.2, 0) is 6.42 Å². The smallest absolute Gasteiger partial charge is 0.0456 e. The zero-order valence-corrected chi connectivity index (χ0v) is 15.9. The van der Waals surface area contributed by atoms with Crippen molar-refractivity contribution >= 4 is 23.3 Å². The number of hydrogen-bond acceptors (Lipinski definition) is 1. The molecular formula is C23H27ClN2. The summed E-state index contributed by atoms with van der Waals surface area (Å²) in [5, 5.41) is 1.38. The van der Waals surface area contributed by atoms with Crippen molar-refractivity contribution in [1.29, 1.82) is 0 Å². The van der Waals surface area contributed by atoms with E-state index < -0.39 is 0 Å². The monoisotopic (exact) mass is 366 g/mol. The SMILES string of the molecule is C1=CN(CCCCc2c[nH]c3ccccc23)CCC1c1ccccc1.Cl. The van der Waals surface area contributed by atoms with E-state index in [-0.39, 0.29) is 12.4 Å². The van der Waals surface area contributed by atoms with Crippen molar-refractivity contribution in [2.75, 3.05) is 13.1 Å². The number of benzene rings is 2. The fourth-order valence-electron chi connectivity index (χ4n) is 3.83. The minimum atomic E-state index is 0. The summed E-state index contributed by atoms with van der Waals surface area (Å²) in [5.74, 6) is 0.587. The van der Waals surface area contributed by atoms with Gasteiger partial charge in [-0.3, -0.25) is 0 Å². The summed E-state index contributed by atoms with van der Waals surface area (Å²) in [6, 6.07) is 19.4. The molecule has 0 spiro atoms. The number of halogens is 1. The maximum Gasteiger partial charge on any atom is 0.0456 e. The first-order valence-corrected chi connectivity index (χ1v) is 9.42. The number of rotatable bonds is 6. The van der Waals surface area contributed by atoms with Crippen LogP contribution in [0.4, 0.5) is 0 Å². The molecule has 1 atom stereocenters. The van der Waals surface area contributed by atoms with Gasteiger partial charge in [0.1, 0.15) is 0 Å². The number of nitrogens with zero attached hydrogens (tertiary/aromatic N) is 1. The summed E-state index contributed by atoms with van der Waals surface area (Å²) in [6.07, 6.45) is 11.7. The van der Waals surface area contributed by atoms with Gasteiger partial charge >= 0.3 is 0 Å². The van der Waals surface area contributed by atoms with Crippen LogP contribution < -0.4 is 0 Å². The highest BCUT2D eigenvalue weighted by Crippen LogP contribution is 2.25. The van der Waals surface area contributed by atoms with Crippen LogP contribution in [0.5, 0.6) is 0 Å². The molecule has 1 N–H and O–H groups in total. The molecule has 3 heteroatoms. The maximum atomic E-state index is 3.38. The second-order valence-corrected chi connectivity index (χ2v) is 7.00. The van der Waals surface area contributed by atoms with Gasteiger partial charge in [0.25, 0.3) is 0 Å². The Balaban J connectivity index is 0.00000196. The van der Waals surface area contributed by atoms with Crippen molar-refractivity contribution in [2.24, 2.45) is 0 Å². The van der Waals surface area contributed by atoms with Crippen LogP contribution in [0, 0.1) is 0 Å². The van der Waals surface area contributed by atoms with Gasteiger partial charge in [0.2, 0.25) is 0 Å². The molecule has 1 aliphatic rings. The van der Waals surface area contributed by atoms with Crippen LogP contribution in [0.25, 0.3) is 10.9 Å². The van der Waals surface area contributed by atoms with Gasteiger partial charge in [-0.15, -0.1) is 12.4 Å². The molecule has 26 heavy (non-hydrogen) atoms. The van der Waals surface area contributed by atoms with Crippen LogP contribution in [0.15, 0.2) is 73.1 Å². The Bertz CT molecular complexity index is 838. The number of aromatic nitrogens is 1. The van der Waals surface area contributed by atoms with Gasteiger partial charge in [0.05, 0.1) is 0 Å². The van der Waals surface area contributed by atoms with Crippen molar-refractivity contribution < 1.29 is 0 Å². The lowest BCUT2D eigenvalue weighted by Crippen LogP contribution is -2.25. The molecule has 0 saturated heterocycles. The first kappa shape index (κ1) is 18.6. The Morgan fingerprint density at radius 3 is 2.58 bits per heavy atom. The number of hydrogen-bond donors (Lipinski definition) is 1. The van der Waals surface area contributed by atoms with Gasteiger partial charge in [0.15, 0.2) is 0 Å². The second-order valence-electron chi connectivity index (χ2n) is 7.00. The molecule has 4 rings (SSSR count). The minimum absolute atomic E-state index is 0. The number of para-hydroxylation sites is 1. The summed E-state index contributed by atoms with van der Waals surface area (Å²) in [4.78, 5) is 5.86. The Hall–Kier alpha value is -2.19. The number of unbranched alkanes of at least 4 members (excludes halogenated alkanes) is 1. The second kappa shape index (κ2) is 8.95. The van der Waals surface area contributed by atoms with Crippen LogP contribution >= 0.6 is 12.4 Å². The third kappa shape index (κ3) is 4.31. The van der Waals surface area contributed by atoms with Gasteiger partial charge in [-0.2, -0.15) is 0 Å². The van der Waals surface area contributed by atoms with Crippen LogP contribution in [0.2, 0.25) is 0 Å². The molecule has 2 aromatic carbocycles. The molecule has 0 bridgehead atoms. The quantitative estimate of drug-likeness (QED) is 0.537. The van der Waals surface area contributed by atoms with E-state index in [2.05, 4.69) is 83.0 Å². The molecular weight excluding hydrogens is 340 g/mol. The van der Waals surface area contributed by atoms with E-state index in [1.54, 1.807) is 0 Å². The van der Waals surface area contributed by atoms with Crippen molar-refractivity contribution in [3.63, 3.8) is 0 Å². The molecule has 0 saturated carbocycles. The molecule has 1 aromatic heterocycles. The van der Waals surface area contributed by atoms with Crippen molar-refractivity contribution in [3.8, 4) is 0 Å². The summed E-state index contributed by atoms with van der Waals surface area (Å²) in [5.41, 5.74) is 4.15. The van der Waals surface area contributed by atoms with Crippen LogP contribution in [-0.4, -0.2) is 23.0 Å². The molecule has 0 radical (unpaired) electrons. The summed E-state index contributed by atoms with van der Waals surface area (Å²) >= 11 is 0. The Kier molecular flexibility index (Phi) is 6.40. The summed E-state index contributed by atoms with van der Waals surface area (Å²) in [7, 11) is 0. The van der Waals surface area contributed by atoms with Crippen molar-refractivity contribution in [3.05, 3.63) is 84.2 Å². The third-order valence-electron chi connectivity index (χ3n) is 5.30. The van der Waals surface area contributed by atoms with E-state index in [9.17, 15) is 0 Å². The Morgan fingerprint density at radius 2 is 1.77 bits per heavy atom. The molecule has 1 unspecified atom stereocenters. The Labute approximate surface area is 162 Å². The van der Waals surface area contributed by atoms with Crippen LogP contribution in [0.3, 0.4) is 0 Å². The van der Waals surface area contributed by atoms with Crippen molar-refractivity contribution in [2.45, 2.75) is 31.6 Å². The highest BCUT2D eigenvalue weighted by molar-refractivity contribution is 5.85. The normalized spacial score (nSPS) is 16.6. The predicted octanol–water partition coefficient (Wildman–Crippen LogP) is 5.92. The van der Waals surface area contributed by atoms with Gasteiger partial charge in [0, 0.05) is 36.1 Å². The predicted molar refractivity (Wildman–Crippen MR) is 113 cm³/mol. The topological polar surface area (TPSA) is 19.0 Å². The fraction of sp³-hybridized carbons (Fsp3) is 0.304. The lowest BCUT2D eigenvalue weighted by atomic mass is 9.93. The summed E-state index contributed by atoms with van der Waals surface area (Å²) < 4.78 is 0. The summed E-state index contributed by atoms with van der Waals surface area (Å²) in [6.45, 7) is 2.34. The highest BCUT2D eigenvalue weighted by Gasteiger charge is 2.14. The minimum Gasteiger partial charge on any atom is -0.378 e. The lowest BCUT2D eigenvalue weighted by Gasteiger charge is -2.28. The standard InChI is InChI=1S/C23H26N2.ClH/c1-2-8-19(9-3-1)20-13-16-25(17-14-20)15-7-6-10-21-18-24-23-12-5-4-11-22(21)23;/h1-5,8-9,11-13,16,18,20,24H,6-7,10,14-15,17H2;1H. The molecule has 2 heterocycles. The number of fused-ring (bicyclic) bond motifs is 1. The molecule has 3 aromatic rings. The van der Waals surface area contributed by atoms with E-state index in [1.807, 2.05) is 0 Å². The average molecular weight is 367 g/mol. The average Bonchev–Trinajstić information content (AvgIpc) is 3.10. The molecule has 0 aliphatic carbocycles. The number of nitrogens with one attached hydrogen (secondary N) is 1. The van der Waals surface area contributed by atoms with Gasteiger partial charge in [-0.25, -0.2) is 0 Å². The molecule has 2 nitrogen and oxygen atoms in total. The maximum absolute atomic E-state index is 3.38. The van der Waals surface area contributed by atoms with Gasteiger partial charge in [-0.05, 0) is 49.1 Å². The third-order valence-corrected chi connectivity index (χ3v) is 5.30. The number of aryl methyl sites for hydroxylation is 1. The molecule has 0 fully saturated rings. The fourth-order valence-corrected chi connectivity index (χ4v) is 3.83. The van der Waals surface area contributed by atoms with E-state index >= 15 is 0 Å². The number of aromatic amines is 1. The first-order chi connectivity index (χ1) is 12.4. The van der Waals surface area contributed by atoms with E-state index in [1.165, 1.54) is 54.4 Å². The van der Waals surface area contributed by atoms with E-state index in [4.69, 9.17) is 0 Å². The largest absolute Gasteiger partial charge is 0.378 e. The molecule has 0 amide bonds. The first-order valence-electron chi connectivity index (χ1n) is 9.42. The van der Waals surface area contributed by atoms with E-state index in [0.717, 1.165) is 6.42 Å². The van der Waals surface area contributed by atoms with Gasteiger partial charge in [-0.1, -0.05) is 54.6 Å². The van der Waals surface area contributed by atoms with E-state index in [0.29, 0.717) is 5.92 Å². The Morgan fingerprint density at radius 1 is 0.962 bits per heavy atom. The van der Waals surface area contributed by atoms with Gasteiger partial charge < -0.3 is 9.88 Å². The van der Waals surface area contributed by atoms with Crippen molar-refractivity contribution in [1.82, 2.24) is 9.88 Å².